The topological polar surface area (TPSA) is 64.4 Å². The van der Waals surface area contributed by atoms with E-state index in [9.17, 15) is 4.79 Å². The molecule has 0 aromatic heterocycles. The molecule has 0 aromatic rings. The molecule has 19 heavy (non-hydrogen) atoms. The molecule has 1 heterocycles. The van der Waals surface area contributed by atoms with Crippen molar-refractivity contribution in [2.45, 2.75) is 51.5 Å². The Morgan fingerprint density at radius 1 is 1.32 bits per heavy atom. The van der Waals surface area contributed by atoms with E-state index in [2.05, 4.69) is 12.2 Å². The molecule has 4 heteroatoms. The van der Waals surface area contributed by atoms with E-state index in [1.54, 1.807) is 0 Å². The van der Waals surface area contributed by atoms with Gasteiger partial charge in [-0.3, -0.25) is 4.79 Å². The molecule has 0 bridgehead atoms. The van der Waals surface area contributed by atoms with Gasteiger partial charge in [0.2, 0.25) is 5.91 Å². The lowest BCUT2D eigenvalue weighted by Crippen LogP contribution is -2.48. The number of rotatable bonds is 4. The van der Waals surface area contributed by atoms with Gasteiger partial charge in [0.25, 0.3) is 0 Å². The molecule has 1 amide bonds. The van der Waals surface area contributed by atoms with Crippen LogP contribution in [0, 0.1) is 17.8 Å². The van der Waals surface area contributed by atoms with Crippen LogP contribution in [0.2, 0.25) is 0 Å². The molecule has 2 rings (SSSR count). The fraction of sp³-hybridized carbons (Fsp3) is 0.933. The second-order valence-corrected chi connectivity index (χ2v) is 6.36. The number of amides is 1. The van der Waals surface area contributed by atoms with Gasteiger partial charge in [-0.1, -0.05) is 19.8 Å². The highest BCUT2D eigenvalue weighted by Crippen LogP contribution is 2.28. The number of ether oxygens (including phenoxy) is 1. The van der Waals surface area contributed by atoms with Crippen molar-refractivity contribution in [2.24, 2.45) is 23.5 Å². The van der Waals surface area contributed by atoms with E-state index in [1.165, 1.54) is 25.7 Å². The molecule has 3 unspecified atom stereocenters. The summed E-state index contributed by atoms with van der Waals surface area (Å²) in [6.07, 6.45) is 6.95. The van der Waals surface area contributed by atoms with Crippen LogP contribution in [0.15, 0.2) is 0 Å². The smallest absolute Gasteiger partial charge is 0.237 e. The minimum absolute atomic E-state index is 0.0325. The van der Waals surface area contributed by atoms with Gasteiger partial charge in [-0.15, -0.1) is 0 Å². The number of hydrogen-bond donors (Lipinski definition) is 2. The number of hydrogen-bond acceptors (Lipinski definition) is 3. The average Bonchev–Trinajstić information content (AvgIpc) is 2.45. The zero-order valence-electron chi connectivity index (χ0n) is 12.1. The van der Waals surface area contributed by atoms with Crippen molar-refractivity contribution < 1.29 is 9.53 Å². The summed E-state index contributed by atoms with van der Waals surface area (Å²) in [4.78, 5) is 12.1. The predicted molar refractivity (Wildman–Crippen MR) is 75.7 cm³/mol. The molecule has 110 valence electrons. The van der Waals surface area contributed by atoms with Crippen LogP contribution in [0.1, 0.15) is 45.4 Å². The van der Waals surface area contributed by atoms with Gasteiger partial charge in [0.1, 0.15) is 0 Å². The summed E-state index contributed by atoms with van der Waals surface area (Å²) in [7, 11) is 0. The van der Waals surface area contributed by atoms with Gasteiger partial charge < -0.3 is 15.8 Å². The second-order valence-electron chi connectivity index (χ2n) is 6.36. The van der Waals surface area contributed by atoms with Crippen molar-refractivity contribution in [3.05, 3.63) is 0 Å². The first-order valence-corrected chi connectivity index (χ1v) is 7.78. The van der Waals surface area contributed by atoms with E-state index in [-0.39, 0.29) is 11.9 Å². The lowest BCUT2D eigenvalue weighted by atomic mass is 9.82. The second kappa shape index (κ2) is 7.25. The summed E-state index contributed by atoms with van der Waals surface area (Å²) in [6.45, 7) is 4.60. The molecular formula is C15H28N2O2. The van der Waals surface area contributed by atoms with E-state index in [0.29, 0.717) is 11.8 Å². The van der Waals surface area contributed by atoms with Crippen LogP contribution in [-0.2, 0) is 9.53 Å². The Labute approximate surface area is 116 Å². The Morgan fingerprint density at radius 3 is 2.74 bits per heavy atom. The molecule has 0 radical (unpaired) electrons. The Bertz CT molecular complexity index is 290. The average molecular weight is 268 g/mol. The van der Waals surface area contributed by atoms with Gasteiger partial charge in [-0.2, -0.15) is 0 Å². The van der Waals surface area contributed by atoms with Crippen molar-refractivity contribution in [2.75, 3.05) is 19.8 Å². The zero-order chi connectivity index (χ0) is 13.7. The van der Waals surface area contributed by atoms with E-state index in [4.69, 9.17) is 10.5 Å². The molecule has 1 aliphatic carbocycles. The van der Waals surface area contributed by atoms with Gasteiger partial charge in [0.05, 0.1) is 6.04 Å². The highest BCUT2D eigenvalue weighted by molar-refractivity contribution is 5.81. The molecule has 2 aliphatic rings. The van der Waals surface area contributed by atoms with E-state index in [0.717, 1.165) is 38.5 Å². The fourth-order valence-corrected chi connectivity index (χ4v) is 3.40. The summed E-state index contributed by atoms with van der Waals surface area (Å²) in [5, 5.41) is 3.07. The first kappa shape index (κ1) is 14.8. The van der Waals surface area contributed by atoms with E-state index >= 15 is 0 Å². The Kier molecular flexibility index (Phi) is 5.64. The van der Waals surface area contributed by atoms with Crippen molar-refractivity contribution >= 4 is 5.91 Å². The molecule has 3 N–H and O–H groups in total. The van der Waals surface area contributed by atoms with Crippen molar-refractivity contribution in [3.63, 3.8) is 0 Å². The van der Waals surface area contributed by atoms with Crippen LogP contribution in [0.5, 0.6) is 0 Å². The third-order valence-corrected chi connectivity index (χ3v) is 4.69. The molecule has 2 fully saturated rings. The largest absolute Gasteiger partial charge is 0.381 e. The standard InChI is InChI=1S/C15H28N2O2/c1-11-3-2-4-12(9-11)10-17-15(18)14(16)13-5-7-19-8-6-13/h11-14H,2-10,16H2,1H3,(H,17,18). The molecule has 3 atom stereocenters. The molecular weight excluding hydrogens is 240 g/mol. The van der Waals surface area contributed by atoms with Gasteiger partial charge in [-0.05, 0) is 43.4 Å². The molecule has 0 spiro atoms. The molecule has 4 nitrogen and oxygen atoms in total. The predicted octanol–water partition coefficient (Wildman–Crippen LogP) is 1.68. The summed E-state index contributed by atoms with van der Waals surface area (Å²) >= 11 is 0. The van der Waals surface area contributed by atoms with Gasteiger partial charge in [0.15, 0.2) is 0 Å². The van der Waals surface area contributed by atoms with Crippen LogP contribution < -0.4 is 11.1 Å². The zero-order valence-corrected chi connectivity index (χ0v) is 12.1. The lowest BCUT2D eigenvalue weighted by Gasteiger charge is -2.29. The quantitative estimate of drug-likeness (QED) is 0.815. The Hall–Kier alpha value is -0.610. The monoisotopic (exact) mass is 268 g/mol. The van der Waals surface area contributed by atoms with Gasteiger partial charge >= 0.3 is 0 Å². The van der Waals surface area contributed by atoms with Crippen LogP contribution in [0.4, 0.5) is 0 Å². The van der Waals surface area contributed by atoms with E-state index < -0.39 is 0 Å². The fourth-order valence-electron chi connectivity index (χ4n) is 3.40. The first-order valence-electron chi connectivity index (χ1n) is 7.78. The third-order valence-electron chi connectivity index (χ3n) is 4.69. The Balaban J connectivity index is 1.70. The first-order chi connectivity index (χ1) is 9.16. The summed E-state index contributed by atoms with van der Waals surface area (Å²) in [5.41, 5.74) is 6.07. The van der Waals surface area contributed by atoms with Crippen molar-refractivity contribution in [3.8, 4) is 0 Å². The summed E-state index contributed by atoms with van der Waals surface area (Å²) in [6, 6.07) is -0.357. The maximum Gasteiger partial charge on any atom is 0.237 e. The minimum atomic E-state index is -0.357. The van der Waals surface area contributed by atoms with E-state index in [1.807, 2.05) is 0 Å². The highest BCUT2D eigenvalue weighted by Gasteiger charge is 2.27. The molecule has 1 aliphatic heterocycles. The van der Waals surface area contributed by atoms with Gasteiger partial charge in [0, 0.05) is 19.8 Å². The third kappa shape index (κ3) is 4.46. The normalized spacial score (nSPS) is 30.8. The lowest BCUT2D eigenvalue weighted by molar-refractivity contribution is -0.124. The maximum atomic E-state index is 12.1. The van der Waals surface area contributed by atoms with Crippen LogP contribution in [0.25, 0.3) is 0 Å². The van der Waals surface area contributed by atoms with Crippen molar-refractivity contribution in [1.82, 2.24) is 5.32 Å². The SMILES string of the molecule is CC1CCCC(CNC(=O)C(N)C2CCOCC2)C1. The van der Waals surface area contributed by atoms with Crippen LogP contribution in [-0.4, -0.2) is 31.7 Å². The highest BCUT2D eigenvalue weighted by atomic mass is 16.5. The van der Waals surface area contributed by atoms with Crippen molar-refractivity contribution in [1.29, 1.82) is 0 Å². The van der Waals surface area contributed by atoms with Crippen LogP contribution in [0.3, 0.4) is 0 Å². The molecule has 0 aromatic carbocycles. The molecule has 1 saturated carbocycles. The number of carbonyl (C=O) groups is 1. The summed E-state index contributed by atoms with van der Waals surface area (Å²) in [5.74, 6) is 1.78. The number of nitrogens with two attached hydrogens (primary N) is 1. The maximum absolute atomic E-state index is 12.1. The number of carbonyl (C=O) groups excluding carboxylic acids is 1. The minimum Gasteiger partial charge on any atom is -0.381 e. The molecule has 1 saturated heterocycles. The summed E-state index contributed by atoms with van der Waals surface area (Å²) < 4.78 is 5.31. The van der Waals surface area contributed by atoms with Gasteiger partial charge in [-0.25, -0.2) is 0 Å². The number of nitrogens with one attached hydrogen (secondary N) is 1. The van der Waals surface area contributed by atoms with Crippen LogP contribution >= 0.6 is 0 Å². The Morgan fingerprint density at radius 2 is 2.05 bits per heavy atom.